The van der Waals surface area contributed by atoms with Crippen LogP contribution in [0.15, 0.2) is 24.3 Å². The Balaban J connectivity index is 3.14. The van der Waals surface area contributed by atoms with Crippen LogP contribution in [0.25, 0.3) is 0 Å². The Kier molecular flexibility index (Phi) is 2.65. The zero-order chi connectivity index (χ0) is 9.84. The van der Waals surface area contributed by atoms with Crippen LogP contribution in [0.5, 0.6) is 0 Å². The number of nitrogens with zero attached hydrogens (tertiary/aromatic N) is 1. The summed E-state index contributed by atoms with van der Waals surface area (Å²) in [4.78, 5) is 10.9. The second-order valence-electron chi connectivity index (χ2n) is 2.82. The summed E-state index contributed by atoms with van der Waals surface area (Å²) in [5.41, 5.74) is 6.69. The van der Waals surface area contributed by atoms with Gasteiger partial charge in [-0.3, -0.25) is 4.79 Å². The van der Waals surface area contributed by atoms with Gasteiger partial charge >= 0.3 is 0 Å². The number of nitrogens with two attached hydrogens (primary N) is 1. The number of hydrogen-bond acceptors (Lipinski definition) is 2. The minimum atomic E-state index is -0.832. The molecule has 0 radical (unpaired) electrons. The zero-order valence-electron chi connectivity index (χ0n) is 7.32. The fourth-order valence-corrected chi connectivity index (χ4v) is 1.20. The highest BCUT2D eigenvalue weighted by Gasteiger charge is 2.17. The zero-order valence-corrected chi connectivity index (χ0v) is 7.32. The molecule has 0 saturated heterocycles. The summed E-state index contributed by atoms with van der Waals surface area (Å²) < 4.78 is 0. The van der Waals surface area contributed by atoms with Crippen LogP contribution in [0, 0.1) is 18.3 Å². The molecule has 3 heteroatoms. The van der Waals surface area contributed by atoms with Gasteiger partial charge in [0.1, 0.15) is 5.92 Å². The summed E-state index contributed by atoms with van der Waals surface area (Å²) in [5.74, 6) is -1.43. The lowest BCUT2D eigenvalue weighted by Crippen LogP contribution is -2.20. The van der Waals surface area contributed by atoms with Gasteiger partial charge in [-0.15, -0.1) is 0 Å². The predicted octanol–water partition coefficient (Wildman–Crippen LogP) is 1.09. The van der Waals surface area contributed by atoms with E-state index in [1.165, 1.54) is 0 Å². The summed E-state index contributed by atoms with van der Waals surface area (Å²) in [5, 5.41) is 8.72. The van der Waals surface area contributed by atoms with Crippen LogP contribution >= 0.6 is 0 Å². The molecule has 1 rings (SSSR count). The van der Waals surface area contributed by atoms with E-state index in [0.717, 1.165) is 5.56 Å². The van der Waals surface area contributed by atoms with Gasteiger partial charge in [0.15, 0.2) is 0 Å². The first-order chi connectivity index (χ1) is 6.16. The van der Waals surface area contributed by atoms with Gasteiger partial charge in [-0.25, -0.2) is 0 Å². The Morgan fingerprint density at radius 3 is 2.62 bits per heavy atom. The number of primary amides is 1. The summed E-state index contributed by atoms with van der Waals surface area (Å²) in [7, 11) is 0. The average molecular weight is 174 g/mol. The maximum Gasteiger partial charge on any atom is 0.239 e. The van der Waals surface area contributed by atoms with E-state index in [9.17, 15) is 4.79 Å². The van der Waals surface area contributed by atoms with Crippen molar-refractivity contribution >= 4 is 5.91 Å². The fraction of sp³-hybridized carbons (Fsp3) is 0.200. The van der Waals surface area contributed by atoms with Crippen molar-refractivity contribution in [3.05, 3.63) is 35.4 Å². The second kappa shape index (κ2) is 3.72. The highest BCUT2D eigenvalue weighted by atomic mass is 16.1. The van der Waals surface area contributed by atoms with Crippen molar-refractivity contribution in [1.82, 2.24) is 0 Å². The van der Waals surface area contributed by atoms with E-state index in [2.05, 4.69) is 0 Å². The Morgan fingerprint density at radius 1 is 1.54 bits per heavy atom. The van der Waals surface area contributed by atoms with Gasteiger partial charge in [-0.1, -0.05) is 24.3 Å². The molecular weight excluding hydrogens is 164 g/mol. The first kappa shape index (κ1) is 9.27. The molecule has 1 amide bonds. The first-order valence-corrected chi connectivity index (χ1v) is 3.91. The Morgan fingerprint density at radius 2 is 2.15 bits per heavy atom. The highest BCUT2D eigenvalue weighted by molar-refractivity contribution is 5.85. The molecular formula is C10H10N2O. The molecule has 0 aromatic heterocycles. The first-order valence-electron chi connectivity index (χ1n) is 3.91. The number of benzene rings is 1. The third kappa shape index (κ3) is 1.85. The molecule has 13 heavy (non-hydrogen) atoms. The number of nitriles is 1. The van der Waals surface area contributed by atoms with Gasteiger partial charge in [0.05, 0.1) is 6.07 Å². The molecule has 0 bridgehead atoms. The van der Waals surface area contributed by atoms with Crippen LogP contribution in [-0.4, -0.2) is 5.91 Å². The van der Waals surface area contributed by atoms with E-state index in [0.29, 0.717) is 5.56 Å². The van der Waals surface area contributed by atoms with E-state index in [1.54, 1.807) is 12.1 Å². The molecule has 0 aliphatic rings. The third-order valence-electron chi connectivity index (χ3n) is 1.91. The van der Waals surface area contributed by atoms with Crippen LogP contribution in [0.1, 0.15) is 17.0 Å². The standard InChI is InChI=1S/C10H10N2O/c1-7-4-2-3-5-8(7)9(6-11)10(12)13/h2-5,9H,1H3,(H2,12,13). The molecule has 1 aromatic rings. The van der Waals surface area contributed by atoms with Crippen molar-refractivity contribution < 1.29 is 4.79 Å². The van der Waals surface area contributed by atoms with Crippen molar-refractivity contribution in [2.24, 2.45) is 5.73 Å². The number of carbonyl (C=O) groups excluding carboxylic acids is 1. The fourth-order valence-electron chi connectivity index (χ4n) is 1.20. The van der Waals surface area contributed by atoms with Crippen molar-refractivity contribution in [2.45, 2.75) is 12.8 Å². The SMILES string of the molecule is Cc1ccccc1C(C#N)C(N)=O. The largest absolute Gasteiger partial charge is 0.368 e. The minimum absolute atomic E-state index is 0.600. The van der Waals surface area contributed by atoms with Gasteiger partial charge < -0.3 is 5.73 Å². The van der Waals surface area contributed by atoms with Gasteiger partial charge in [-0.05, 0) is 18.1 Å². The van der Waals surface area contributed by atoms with Crippen molar-refractivity contribution in [2.75, 3.05) is 0 Å². The molecule has 3 nitrogen and oxygen atoms in total. The molecule has 2 N–H and O–H groups in total. The van der Waals surface area contributed by atoms with Crippen LogP contribution < -0.4 is 5.73 Å². The number of carbonyl (C=O) groups is 1. The Bertz CT molecular complexity index is 365. The molecule has 0 aliphatic heterocycles. The Labute approximate surface area is 76.8 Å². The van der Waals surface area contributed by atoms with Crippen LogP contribution in [0.4, 0.5) is 0 Å². The molecule has 0 aliphatic carbocycles. The number of hydrogen-bond donors (Lipinski definition) is 1. The van der Waals surface area contributed by atoms with E-state index in [1.807, 2.05) is 25.1 Å². The van der Waals surface area contributed by atoms with Crippen LogP contribution in [-0.2, 0) is 4.79 Å². The monoisotopic (exact) mass is 174 g/mol. The molecule has 0 saturated carbocycles. The van der Waals surface area contributed by atoms with Crippen LogP contribution in [0.2, 0.25) is 0 Å². The van der Waals surface area contributed by atoms with E-state index in [-0.39, 0.29) is 0 Å². The van der Waals surface area contributed by atoms with Crippen molar-refractivity contribution in [3.63, 3.8) is 0 Å². The van der Waals surface area contributed by atoms with Crippen molar-refractivity contribution in [3.8, 4) is 6.07 Å². The van der Waals surface area contributed by atoms with E-state index < -0.39 is 11.8 Å². The Hall–Kier alpha value is -1.82. The van der Waals surface area contributed by atoms with Gasteiger partial charge in [0.25, 0.3) is 0 Å². The lowest BCUT2D eigenvalue weighted by molar-refractivity contribution is -0.118. The summed E-state index contributed by atoms with van der Waals surface area (Å²) in [6, 6.07) is 9.12. The minimum Gasteiger partial charge on any atom is -0.368 e. The van der Waals surface area contributed by atoms with E-state index in [4.69, 9.17) is 11.0 Å². The molecule has 66 valence electrons. The number of rotatable bonds is 2. The smallest absolute Gasteiger partial charge is 0.239 e. The third-order valence-corrected chi connectivity index (χ3v) is 1.91. The van der Waals surface area contributed by atoms with E-state index >= 15 is 0 Å². The van der Waals surface area contributed by atoms with Gasteiger partial charge in [0, 0.05) is 0 Å². The normalized spacial score (nSPS) is 11.7. The number of amides is 1. The van der Waals surface area contributed by atoms with Gasteiger partial charge in [0.2, 0.25) is 5.91 Å². The second-order valence-corrected chi connectivity index (χ2v) is 2.82. The lowest BCUT2D eigenvalue weighted by atomic mass is 9.96. The van der Waals surface area contributed by atoms with Crippen molar-refractivity contribution in [1.29, 1.82) is 5.26 Å². The summed E-state index contributed by atoms with van der Waals surface area (Å²) in [6.45, 7) is 1.85. The molecule has 1 atom stereocenters. The molecule has 0 heterocycles. The summed E-state index contributed by atoms with van der Waals surface area (Å²) in [6.07, 6.45) is 0. The quantitative estimate of drug-likeness (QED) is 0.729. The predicted molar refractivity (Wildman–Crippen MR) is 48.7 cm³/mol. The maximum absolute atomic E-state index is 10.9. The maximum atomic E-state index is 10.9. The lowest BCUT2D eigenvalue weighted by Gasteiger charge is -2.07. The number of aryl methyl sites for hydroxylation is 1. The van der Waals surface area contributed by atoms with Crippen LogP contribution in [0.3, 0.4) is 0 Å². The highest BCUT2D eigenvalue weighted by Crippen LogP contribution is 2.18. The summed E-state index contributed by atoms with van der Waals surface area (Å²) >= 11 is 0. The topological polar surface area (TPSA) is 66.9 Å². The molecule has 0 spiro atoms. The molecule has 1 aromatic carbocycles. The molecule has 0 fully saturated rings. The molecule has 1 unspecified atom stereocenters. The average Bonchev–Trinajstić information content (AvgIpc) is 2.09. The van der Waals surface area contributed by atoms with Gasteiger partial charge in [-0.2, -0.15) is 5.26 Å².